The number of benzene rings is 2. The number of nitrogens with two attached hydrogens (primary N) is 1. The molecule has 0 saturated carbocycles. The number of hydrogen-bond acceptors (Lipinski definition) is 8. The van der Waals surface area contributed by atoms with Crippen LogP contribution in [0, 0.1) is 0 Å². The van der Waals surface area contributed by atoms with Crippen molar-refractivity contribution in [2.45, 2.75) is 6.54 Å². The molecule has 2 aliphatic heterocycles. The summed E-state index contributed by atoms with van der Waals surface area (Å²) in [5.74, 6) is 2.83. The first-order valence-electron chi connectivity index (χ1n) is 10.3. The first-order chi connectivity index (χ1) is 15.6. The van der Waals surface area contributed by atoms with Crippen molar-refractivity contribution in [3.8, 4) is 11.5 Å². The Kier molecular flexibility index (Phi) is 5.82. The number of piperazine rings is 1. The molecule has 1 saturated heterocycles. The van der Waals surface area contributed by atoms with Gasteiger partial charge in [-0.15, -0.1) is 0 Å². The van der Waals surface area contributed by atoms with Crippen LogP contribution in [0.4, 0.5) is 23.0 Å². The molecule has 3 N–H and O–H groups in total. The summed E-state index contributed by atoms with van der Waals surface area (Å²) in [7, 11) is 0. The fourth-order valence-electron chi connectivity index (χ4n) is 3.88. The van der Waals surface area contributed by atoms with Gasteiger partial charge in [0.2, 0.25) is 6.79 Å². The number of halogens is 2. The molecule has 1 fully saturated rings. The Balaban J connectivity index is 1.24. The lowest BCUT2D eigenvalue weighted by atomic mass is 10.1. The van der Waals surface area contributed by atoms with Gasteiger partial charge in [0.25, 0.3) is 0 Å². The van der Waals surface area contributed by atoms with Crippen molar-refractivity contribution in [3.05, 3.63) is 58.3 Å². The third-order valence-electron chi connectivity index (χ3n) is 5.58. The minimum Gasteiger partial charge on any atom is -0.454 e. The molecule has 0 radical (unpaired) electrons. The molecule has 3 heterocycles. The minimum absolute atomic E-state index is 0.290. The lowest BCUT2D eigenvalue weighted by Gasteiger charge is -2.36. The molecule has 2 aromatic carbocycles. The Labute approximate surface area is 195 Å². The standard InChI is InChI=1S/C22H22Cl2N6O2/c23-15-2-1-3-16(19(15)24)28-21-20(25)22(27-12-26-21)30-8-6-29(7-9-30)11-14-4-5-17-18(10-14)32-13-31-17/h1-5,10,12H,6-9,11,13,25H2,(H,26,27,28). The van der Waals surface area contributed by atoms with Gasteiger partial charge in [0.1, 0.15) is 12.0 Å². The van der Waals surface area contributed by atoms with Crippen LogP contribution in [0.3, 0.4) is 0 Å². The molecule has 0 unspecified atom stereocenters. The van der Waals surface area contributed by atoms with Gasteiger partial charge in [-0.1, -0.05) is 35.3 Å². The first-order valence-corrected chi connectivity index (χ1v) is 11.0. The molecule has 8 nitrogen and oxygen atoms in total. The van der Waals surface area contributed by atoms with E-state index < -0.39 is 0 Å². The summed E-state index contributed by atoms with van der Waals surface area (Å²) in [6.07, 6.45) is 1.51. The highest BCUT2D eigenvalue weighted by Gasteiger charge is 2.22. The molecule has 0 atom stereocenters. The largest absolute Gasteiger partial charge is 0.454 e. The highest BCUT2D eigenvalue weighted by atomic mass is 35.5. The van der Waals surface area contributed by atoms with Crippen molar-refractivity contribution < 1.29 is 9.47 Å². The topological polar surface area (TPSA) is 88.8 Å². The van der Waals surface area contributed by atoms with E-state index in [1.165, 1.54) is 11.9 Å². The van der Waals surface area contributed by atoms with Gasteiger partial charge in [-0.25, -0.2) is 9.97 Å². The first kappa shape index (κ1) is 20.9. The van der Waals surface area contributed by atoms with Gasteiger partial charge in [0, 0.05) is 32.7 Å². The molecule has 2 aliphatic rings. The van der Waals surface area contributed by atoms with Crippen LogP contribution in [0.25, 0.3) is 0 Å². The summed E-state index contributed by atoms with van der Waals surface area (Å²) in [6.45, 7) is 4.54. The maximum Gasteiger partial charge on any atom is 0.231 e. The lowest BCUT2D eigenvalue weighted by Crippen LogP contribution is -2.46. The fraction of sp³-hybridized carbons (Fsp3) is 0.273. The van der Waals surface area contributed by atoms with Gasteiger partial charge in [-0.05, 0) is 29.8 Å². The SMILES string of the molecule is Nc1c(Nc2cccc(Cl)c2Cl)ncnc1N1CCN(Cc2ccc3c(c2)OCO3)CC1. The van der Waals surface area contributed by atoms with Gasteiger partial charge in [0.05, 0.1) is 15.7 Å². The van der Waals surface area contributed by atoms with Crippen molar-refractivity contribution in [2.75, 3.05) is 48.9 Å². The Morgan fingerprint density at radius 3 is 2.66 bits per heavy atom. The predicted molar refractivity (Wildman–Crippen MR) is 126 cm³/mol. The van der Waals surface area contributed by atoms with Gasteiger partial charge >= 0.3 is 0 Å². The van der Waals surface area contributed by atoms with E-state index in [4.69, 9.17) is 38.4 Å². The molecule has 3 aromatic rings. The third-order valence-corrected chi connectivity index (χ3v) is 6.40. The number of aromatic nitrogens is 2. The number of nitrogens with zero attached hydrogens (tertiary/aromatic N) is 4. The second-order valence-electron chi connectivity index (χ2n) is 7.64. The average molecular weight is 473 g/mol. The monoisotopic (exact) mass is 472 g/mol. The van der Waals surface area contributed by atoms with Gasteiger partial charge in [-0.3, -0.25) is 4.90 Å². The van der Waals surface area contributed by atoms with E-state index in [9.17, 15) is 0 Å². The summed E-state index contributed by atoms with van der Waals surface area (Å²) in [5.41, 5.74) is 8.74. The highest BCUT2D eigenvalue weighted by Crippen LogP contribution is 2.35. The number of hydrogen-bond donors (Lipinski definition) is 2. The molecule has 5 rings (SSSR count). The predicted octanol–water partition coefficient (Wildman–Crippen LogP) is 4.16. The summed E-state index contributed by atoms with van der Waals surface area (Å²) in [6, 6.07) is 11.5. The Hall–Kier alpha value is -2.94. The van der Waals surface area contributed by atoms with Crippen LogP contribution in [0.15, 0.2) is 42.7 Å². The van der Waals surface area contributed by atoms with E-state index in [0.717, 1.165) is 44.2 Å². The number of nitrogen functional groups attached to an aromatic ring is 1. The van der Waals surface area contributed by atoms with Crippen LogP contribution in [0.1, 0.15) is 5.56 Å². The molecule has 0 bridgehead atoms. The van der Waals surface area contributed by atoms with Gasteiger partial charge in [-0.2, -0.15) is 0 Å². The average Bonchev–Trinajstić information content (AvgIpc) is 3.27. The quantitative estimate of drug-likeness (QED) is 0.571. The van der Waals surface area contributed by atoms with Crippen LogP contribution >= 0.6 is 23.2 Å². The van der Waals surface area contributed by atoms with Gasteiger partial charge in [0.15, 0.2) is 23.1 Å². The van der Waals surface area contributed by atoms with Crippen molar-refractivity contribution in [2.24, 2.45) is 0 Å². The summed E-state index contributed by atoms with van der Waals surface area (Å²) in [4.78, 5) is 13.3. The molecule has 0 spiro atoms. The number of ether oxygens (including phenoxy) is 2. The van der Waals surface area contributed by atoms with Crippen LogP contribution in [-0.2, 0) is 6.54 Å². The van der Waals surface area contributed by atoms with E-state index >= 15 is 0 Å². The van der Waals surface area contributed by atoms with Crippen molar-refractivity contribution in [1.82, 2.24) is 14.9 Å². The summed E-state index contributed by atoms with van der Waals surface area (Å²) >= 11 is 12.4. The van der Waals surface area contributed by atoms with Crippen LogP contribution in [-0.4, -0.2) is 47.8 Å². The summed E-state index contributed by atoms with van der Waals surface area (Å²) < 4.78 is 10.9. The minimum atomic E-state index is 0.290. The second kappa shape index (κ2) is 8.90. The van der Waals surface area contributed by atoms with Crippen molar-refractivity contribution in [3.63, 3.8) is 0 Å². The van der Waals surface area contributed by atoms with E-state index in [1.54, 1.807) is 6.07 Å². The Morgan fingerprint density at radius 1 is 1.00 bits per heavy atom. The molecule has 1 aromatic heterocycles. The van der Waals surface area contributed by atoms with E-state index in [-0.39, 0.29) is 6.79 Å². The number of fused-ring (bicyclic) bond motifs is 1. The van der Waals surface area contributed by atoms with E-state index in [0.29, 0.717) is 33.1 Å². The number of nitrogens with one attached hydrogen (secondary N) is 1. The Bertz CT molecular complexity index is 1140. The van der Waals surface area contributed by atoms with E-state index in [2.05, 4.69) is 37.2 Å². The molecular weight excluding hydrogens is 451 g/mol. The molecule has 0 amide bonds. The van der Waals surface area contributed by atoms with Crippen molar-refractivity contribution >= 4 is 46.2 Å². The normalized spacial score (nSPS) is 15.8. The number of rotatable bonds is 5. The molecule has 0 aliphatic carbocycles. The highest BCUT2D eigenvalue weighted by molar-refractivity contribution is 6.43. The zero-order chi connectivity index (χ0) is 22.1. The lowest BCUT2D eigenvalue weighted by molar-refractivity contribution is 0.174. The molecule has 10 heteroatoms. The smallest absolute Gasteiger partial charge is 0.231 e. The van der Waals surface area contributed by atoms with Crippen molar-refractivity contribution in [1.29, 1.82) is 0 Å². The molecule has 32 heavy (non-hydrogen) atoms. The van der Waals surface area contributed by atoms with Crippen LogP contribution in [0.5, 0.6) is 11.5 Å². The Morgan fingerprint density at radius 2 is 1.81 bits per heavy atom. The molecular formula is C22H22Cl2N6O2. The van der Waals surface area contributed by atoms with Crippen LogP contribution < -0.4 is 25.4 Å². The van der Waals surface area contributed by atoms with Crippen LogP contribution in [0.2, 0.25) is 10.0 Å². The number of anilines is 4. The third kappa shape index (κ3) is 4.21. The molecule has 166 valence electrons. The fourth-order valence-corrected chi connectivity index (χ4v) is 4.23. The van der Waals surface area contributed by atoms with E-state index in [1.807, 2.05) is 18.2 Å². The zero-order valence-electron chi connectivity index (χ0n) is 17.2. The summed E-state index contributed by atoms with van der Waals surface area (Å²) in [5, 5.41) is 4.05. The maximum atomic E-state index is 6.42. The maximum absolute atomic E-state index is 6.42. The zero-order valence-corrected chi connectivity index (χ0v) is 18.7. The van der Waals surface area contributed by atoms with Gasteiger partial charge < -0.3 is 25.4 Å². The second-order valence-corrected chi connectivity index (χ2v) is 8.42.